The molecule has 0 radical (unpaired) electrons. The van der Waals surface area contributed by atoms with Gasteiger partial charge in [0.25, 0.3) is 0 Å². The van der Waals surface area contributed by atoms with E-state index in [0.717, 1.165) is 17.0 Å². The summed E-state index contributed by atoms with van der Waals surface area (Å²) < 4.78 is 5.09. The molecule has 0 aromatic heterocycles. The zero-order valence-electron chi connectivity index (χ0n) is 12.5. The van der Waals surface area contributed by atoms with Crippen molar-refractivity contribution in [2.45, 2.75) is 13.0 Å². The van der Waals surface area contributed by atoms with Crippen molar-refractivity contribution in [2.24, 2.45) is 0 Å². The van der Waals surface area contributed by atoms with Gasteiger partial charge in [-0.05, 0) is 36.8 Å². The molecule has 0 saturated carbocycles. The van der Waals surface area contributed by atoms with Gasteiger partial charge in [-0.1, -0.05) is 30.3 Å². The lowest BCUT2D eigenvalue weighted by Crippen LogP contribution is -2.33. The van der Waals surface area contributed by atoms with Crippen molar-refractivity contribution in [1.29, 1.82) is 0 Å². The van der Waals surface area contributed by atoms with Gasteiger partial charge in [0.15, 0.2) is 0 Å². The maximum Gasteiger partial charge on any atom is 0.322 e. The van der Waals surface area contributed by atoms with Crippen LogP contribution in [0.15, 0.2) is 54.6 Å². The number of amides is 2. The molecular formula is C17H20N2O2. The smallest absolute Gasteiger partial charge is 0.322 e. The van der Waals surface area contributed by atoms with Crippen LogP contribution in [0, 0.1) is 0 Å². The summed E-state index contributed by atoms with van der Waals surface area (Å²) >= 11 is 0. The predicted molar refractivity (Wildman–Crippen MR) is 84.6 cm³/mol. The molecule has 2 aromatic rings. The van der Waals surface area contributed by atoms with Crippen LogP contribution in [0.5, 0.6) is 5.75 Å². The molecule has 0 aliphatic rings. The number of carbonyl (C=O) groups excluding carboxylic acids is 1. The van der Waals surface area contributed by atoms with E-state index in [4.69, 9.17) is 4.74 Å². The lowest BCUT2D eigenvalue weighted by atomic mass is 10.1. The highest BCUT2D eigenvalue weighted by molar-refractivity contribution is 5.89. The second-order valence-electron chi connectivity index (χ2n) is 4.86. The maximum atomic E-state index is 12.3. The third-order valence-corrected chi connectivity index (χ3v) is 3.52. The highest BCUT2D eigenvalue weighted by atomic mass is 16.5. The maximum absolute atomic E-state index is 12.3. The summed E-state index contributed by atoms with van der Waals surface area (Å²) in [5.74, 6) is 0.763. The van der Waals surface area contributed by atoms with Crippen LogP contribution >= 0.6 is 0 Å². The number of anilines is 1. The van der Waals surface area contributed by atoms with E-state index >= 15 is 0 Å². The zero-order chi connectivity index (χ0) is 15.2. The van der Waals surface area contributed by atoms with Crippen LogP contribution in [0.3, 0.4) is 0 Å². The number of carbonyl (C=O) groups is 1. The fourth-order valence-electron chi connectivity index (χ4n) is 2.02. The highest BCUT2D eigenvalue weighted by Crippen LogP contribution is 2.20. The Kier molecular flexibility index (Phi) is 4.82. The Labute approximate surface area is 125 Å². The topological polar surface area (TPSA) is 41.6 Å². The first-order valence-corrected chi connectivity index (χ1v) is 6.84. The molecule has 4 nitrogen and oxygen atoms in total. The van der Waals surface area contributed by atoms with Crippen molar-refractivity contribution in [3.63, 3.8) is 0 Å². The predicted octanol–water partition coefficient (Wildman–Crippen LogP) is 3.92. The number of ether oxygens (including phenoxy) is 1. The summed E-state index contributed by atoms with van der Waals surface area (Å²) in [6.45, 7) is 2.00. The molecule has 0 saturated heterocycles. The largest absolute Gasteiger partial charge is 0.497 e. The van der Waals surface area contributed by atoms with Crippen molar-refractivity contribution in [3.8, 4) is 5.75 Å². The molecule has 0 aliphatic heterocycles. The summed E-state index contributed by atoms with van der Waals surface area (Å²) in [6.07, 6.45) is 0. The zero-order valence-corrected chi connectivity index (χ0v) is 12.5. The van der Waals surface area contributed by atoms with E-state index in [0.29, 0.717) is 0 Å². The minimum Gasteiger partial charge on any atom is -0.497 e. The monoisotopic (exact) mass is 284 g/mol. The normalized spacial score (nSPS) is 11.6. The molecular weight excluding hydrogens is 264 g/mol. The van der Waals surface area contributed by atoms with Gasteiger partial charge in [0, 0.05) is 12.7 Å². The van der Waals surface area contributed by atoms with Gasteiger partial charge in [0.1, 0.15) is 5.75 Å². The van der Waals surface area contributed by atoms with Crippen LogP contribution in [0.2, 0.25) is 0 Å². The highest BCUT2D eigenvalue weighted by Gasteiger charge is 2.17. The van der Waals surface area contributed by atoms with E-state index in [-0.39, 0.29) is 12.1 Å². The fraction of sp³-hybridized carbons (Fsp3) is 0.235. The van der Waals surface area contributed by atoms with Crippen molar-refractivity contribution in [3.05, 3.63) is 60.2 Å². The number of urea groups is 1. The molecule has 2 aromatic carbocycles. The molecule has 1 unspecified atom stereocenters. The first-order valence-electron chi connectivity index (χ1n) is 6.84. The Balaban J connectivity index is 2.01. The van der Waals surface area contributed by atoms with Crippen molar-refractivity contribution in [2.75, 3.05) is 19.5 Å². The standard InChI is InChI=1S/C17H20N2O2/c1-13(14-7-5-4-6-8-14)19(2)17(20)18-15-9-11-16(21-3)12-10-15/h4-13H,1-3H3,(H,18,20). The summed E-state index contributed by atoms with van der Waals surface area (Å²) in [5, 5.41) is 2.88. The van der Waals surface area contributed by atoms with Crippen molar-refractivity contribution < 1.29 is 9.53 Å². The number of methoxy groups -OCH3 is 1. The summed E-state index contributed by atoms with van der Waals surface area (Å²) in [5.41, 5.74) is 1.85. The second-order valence-corrected chi connectivity index (χ2v) is 4.86. The Bertz CT molecular complexity index is 581. The van der Waals surface area contributed by atoms with Gasteiger partial charge in [-0.2, -0.15) is 0 Å². The number of rotatable bonds is 4. The van der Waals surface area contributed by atoms with Gasteiger partial charge in [0.05, 0.1) is 13.2 Å². The van der Waals surface area contributed by atoms with Crippen LogP contribution < -0.4 is 10.1 Å². The number of hydrogen-bond acceptors (Lipinski definition) is 2. The van der Waals surface area contributed by atoms with E-state index in [1.54, 1.807) is 19.1 Å². The summed E-state index contributed by atoms with van der Waals surface area (Å²) in [4.78, 5) is 13.9. The van der Waals surface area contributed by atoms with E-state index in [1.807, 2.05) is 61.5 Å². The average Bonchev–Trinajstić information content (AvgIpc) is 2.55. The Morgan fingerprint density at radius 3 is 2.29 bits per heavy atom. The van der Waals surface area contributed by atoms with E-state index in [1.165, 1.54) is 0 Å². The van der Waals surface area contributed by atoms with E-state index in [9.17, 15) is 4.79 Å². The molecule has 0 aliphatic carbocycles. The first kappa shape index (κ1) is 14.9. The summed E-state index contributed by atoms with van der Waals surface area (Å²) in [7, 11) is 3.40. The molecule has 2 amide bonds. The Morgan fingerprint density at radius 2 is 1.71 bits per heavy atom. The quantitative estimate of drug-likeness (QED) is 0.924. The molecule has 1 N–H and O–H groups in total. The Morgan fingerprint density at radius 1 is 1.10 bits per heavy atom. The molecule has 2 rings (SSSR count). The lowest BCUT2D eigenvalue weighted by molar-refractivity contribution is 0.208. The van der Waals surface area contributed by atoms with Gasteiger partial charge >= 0.3 is 6.03 Å². The van der Waals surface area contributed by atoms with Crippen LogP contribution in [0.4, 0.5) is 10.5 Å². The van der Waals surface area contributed by atoms with Crippen molar-refractivity contribution >= 4 is 11.7 Å². The van der Waals surface area contributed by atoms with Crippen LogP contribution in [-0.2, 0) is 0 Å². The molecule has 0 heterocycles. The number of benzene rings is 2. The first-order chi connectivity index (χ1) is 10.1. The van der Waals surface area contributed by atoms with Crippen LogP contribution in [-0.4, -0.2) is 25.1 Å². The van der Waals surface area contributed by atoms with Gasteiger partial charge in [-0.25, -0.2) is 4.79 Å². The van der Waals surface area contributed by atoms with Gasteiger partial charge in [0.2, 0.25) is 0 Å². The molecule has 21 heavy (non-hydrogen) atoms. The number of nitrogens with one attached hydrogen (secondary N) is 1. The molecule has 4 heteroatoms. The molecule has 1 atom stereocenters. The molecule has 0 spiro atoms. The SMILES string of the molecule is COc1ccc(NC(=O)N(C)C(C)c2ccccc2)cc1. The lowest BCUT2D eigenvalue weighted by Gasteiger charge is -2.25. The third-order valence-electron chi connectivity index (χ3n) is 3.52. The van der Waals surface area contributed by atoms with Gasteiger partial charge < -0.3 is 15.0 Å². The van der Waals surface area contributed by atoms with Gasteiger partial charge in [-0.3, -0.25) is 0 Å². The molecule has 110 valence electrons. The Hall–Kier alpha value is -2.49. The van der Waals surface area contributed by atoms with Gasteiger partial charge in [-0.15, -0.1) is 0 Å². The average molecular weight is 284 g/mol. The minimum absolute atomic E-state index is 0.00412. The third kappa shape index (κ3) is 3.75. The second kappa shape index (κ2) is 6.79. The molecule has 0 bridgehead atoms. The van der Waals surface area contributed by atoms with Crippen molar-refractivity contribution in [1.82, 2.24) is 4.90 Å². The number of hydrogen-bond donors (Lipinski definition) is 1. The fourth-order valence-corrected chi connectivity index (χ4v) is 2.02. The van der Waals surface area contributed by atoms with Crippen LogP contribution in [0.25, 0.3) is 0 Å². The van der Waals surface area contributed by atoms with E-state index < -0.39 is 0 Å². The van der Waals surface area contributed by atoms with E-state index in [2.05, 4.69) is 5.32 Å². The molecule has 0 fully saturated rings. The minimum atomic E-state index is -0.142. The van der Waals surface area contributed by atoms with Crippen LogP contribution in [0.1, 0.15) is 18.5 Å². The number of nitrogens with zero attached hydrogens (tertiary/aromatic N) is 1. The summed E-state index contributed by atoms with van der Waals surface area (Å²) in [6, 6.07) is 17.1.